The highest BCUT2D eigenvalue weighted by molar-refractivity contribution is 5.93. The van der Waals surface area contributed by atoms with E-state index in [1.54, 1.807) is 13.2 Å². The van der Waals surface area contributed by atoms with E-state index in [1.165, 1.54) is 12.8 Å². The van der Waals surface area contributed by atoms with Crippen LogP contribution in [0.4, 0.5) is 0 Å². The molecule has 2 fully saturated rings. The van der Waals surface area contributed by atoms with Crippen molar-refractivity contribution < 1.29 is 14.1 Å². The molecule has 1 amide bonds. The van der Waals surface area contributed by atoms with Gasteiger partial charge in [-0.1, -0.05) is 23.7 Å². The van der Waals surface area contributed by atoms with Crippen LogP contribution in [0.25, 0.3) is 11.3 Å². The van der Waals surface area contributed by atoms with Crippen LogP contribution >= 0.6 is 0 Å². The third kappa shape index (κ3) is 2.40. The standard InChI is InChI=1S/C18H20N2O3/c1-22-16-8-3-2-6-13(16)17-11-14(19-23-17)18(21)20-10-9-12-5-4-7-15(12)20/h2-3,6,8,11-12,15H,4-5,7,9-10H2,1H3/t12-,15-/m0/s1. The lowest BCUT2D eigenvalue weighted by atomic mass is 10.0. The van der Waals surface area contributed by atoms with Crippen LogP contribution in [-0.2, 0) is 0 Å². The lowest BCUT2D eigenvalue weighted by Gasteiger charge is -2.22. The van der Waals surface area contributed by atoms with Gasteiger partial charge in [0.15, 0.2) is 11.5 Å². The molecule has 0 unspecified atom stereocenters. The molecule has 1 aliphatic heterocycles. The number of carbonyl (C=O) groups is 1. The highest BCUT2D eigenvalue weighted by Crippen LogP contribution is 2.38. The number of amides is 1. The summed E-state index contributed by atoms with van der Waals surface area (Å²) >= 11 is 0. The number of carbonyl (C=O) groups excluding carboxylic acids is 1. The van der Waals surface area contributed by atoms with Crippen LogP contribution in [0.5, 0.6) is 5.75 Å². The third-order valence-electron chi connectivity index (χ3n) is 5.12. The van der Waals surface area contributed by atoms with E-state index in [2.05, 4.69) is 5.16 Å². The summed E-state index contributed by atoms with van der Waals surface area (Å²) in [4.78, 5) is 14.7. The molecule has 5 heteroatoms. The minimum Gasteiger partial charge on any atom is -0.496 e. The van der Waals surface area contributed by atoms with Gasteiger partial charge in [0.25, 0.3) is 5.91 Å². The van der Waals surface area contributed by atoms with E-state index in [1.807, 2.05) is 29.2 Å². The Morgan fingerprint density at radius 2 is 2.17 bits per heavy atom. The molecule has 1 saturated heterocycles. The highest BCUT2D eigenvalue weighted by atomic mass is 16.5. The fourth-order valence-corrected chi connectivity index (χ4v) is 3.99. The van der Waals surface area contributed by atoms with Crippen molar-refractivity contribution in [3.63, 3.8) is 0 Å². The molecule has 1 aliphatic carbocycles. The monoisotopic (exact) mass is 312 g/mol. The van der Waals surface area contributed by atoms with Crippen molar-refractivity contribution in [2.24, 2.45) is 5.92 Å². The lowest BCUT2D eigenvalue weighted by molar-refractivity contribution is 0.0718. The molecule has 5 nitrogen and oxygen atoms in total. The summed E-state index contributed by atoms with van der Waals surface area (Å²) < 4.78 is 10.8. The third-order valence-corrected chi connectivity index (χ3v) is 5.12. The van der Waals surface area contributed by atoms with Crippen LogP contribution in [-0.4, -0.2) is 35.7 Å². The van der Waals surface area contributed by atoms with E-state index in [0.29, 0.717) is 29.2 Å². The SMILES string of the molecule is COc1ccccc1-c1cc(C(=O)N2CC[C@@H]3CCC[C@@H]32)no1. The van der Waals surface area contributed by atoms with Gasteiger partial charge in [0.05, 0.1) is 12.7 Å². The van der Waals surface area contributed by atoms with Crippen LogP contribution in [0, 0.1) is 5.92 Å². The predicted octanol–water partition coefficient (Wildman–Crippen LogP) is 3.36. The number of fused-ring (bicyclic) bond motifs is 1. The van der Waals surface area contributed by atoms with Crippen LogP contribution < -0.4 is 4.74 Å². The second-order valence-corrected chi connectivity index (χ2v) is 6.32. The fourth-order valence-electron chi connectivity index (χ4n) is 3.99. The average molecular weight is 312 g/mol. The summed E-state index contributed by atoms with van der Waals surface area (Å²) in [5.74, 6) is 1.94. The Morgan fingerprint density at radius 1 is 1.30 bits per heavy atom. The maximum atomic E-state index is 12.8. The maximum absolute atomic E-state index is 12.8. The number of ether oxygens (including phenoxy) is 1. The van der Waals surface area contributed by atoms with Crippen LogP contribution in [0.15, 0.2) is 34.9 Å². The van der Waals surface area contributed by atoms with Crippen LogP contribution in [0.3, 0.4) is 0 Å². The molecule has 4 rings (SSSR count). The van der Waals surface area contributed by atoms with E-state index in [-0.39, 0.29) is 5.91 Å². The Bertz CT molecular complexity index is 725. The van der Waals surface area contributed by atoms with E-state index in [9.17, 15) is 4.79 Å². The Morgan fingerprint density at radius 3 is 3.04 bits per heavy atom. The number of aromatic nitrogens is 1. The van der Waals surface area contributed by atoms with E-state index < -0.39 is 0 Å². The first-order chi connectivity index (χ1) is 11.3. The minimum absolute atomic E-state index is 0.00991. The molecular formula is C18H20N2O3. The maximum Gasteiger partial charge on any atom is 0.276 e. The van der Waals surface area contributed by atoms with Crippen molar-refractivity contribution in [3.05, 3.63) is 36.0 Å². The van der Waals surface area contributed by atoms with Crippen LogP contribution in [0.2, 0.25) is 0 Å². The molecule has 0 radical (unpaired) electrons. The Kier molecular flexibility index (Phi) is 3.56. The van der Waals surface area contributed by atoms with E-state index >= 15 is 0 Å². The van der Waals surface area contributed by atoms with Crippen molar-refractivity contribution in [1.29, 1.82) is 0 Å². The second kappa shape index (κ2) is 5.72. The summed E-state index contributed by atoms with van der Waals surface area (Å²) in [5, 5.41) is 4.00. The first-order valence-electron chi connectivity index (χ1n) is 8.19. The van der Waals surface area contributed by atoms with Gasteiger partial charge in [-0.3, -0.25) is 4.79 Å². The second-order valence-electron chi connectivity index (χ2n) is 6.32. The van der Waals surface area contributed by atoms with Crippen molar-refractivity contribution in [2.45, 2.75) is 31.7 Å². The van der Waals surface area contributed by atoms with Crippen molar-refractivity contribution >= 4 is 5.91 Å². The molecule has 0 N–H and O–H groups in total. The van der Waals surface area contributed by atoms with Crippen molar-refractivity contribution in [2.75, 3.05) is 13.7 Å². The molecule has 120 valence electrons. The number of para-hydroxylation sites is 1. The Labute approximate surface area is 135 Å². The van der Waals surface area contributed by atoms with Gasteiger partial charge < -0.3 is 14.2 Å². The van der Waals surface area contributed by atoms with Gasteiger partial charge in [-0.05, 0) is 37.3 Å². The number of hydrogen-bond acceptors (Lipinski definition) is 4. The quantitative estimate of drug-likeness (QED) is 0.872. The van der Waals surface area contributed by atoms with E-state index in [4.69, 9.17) is 9.26 Å². The van der Waals surface area contributed by atoms with Gasteiger partial charge in [0.2, 0.25) is 0 Å². The largest absolute Gasteiger partial charge is 0.496 e. The zero-order chi connectivity index (χ0) is 15.8. The summed E-state index contributed by atoms with van der Waals surface area (Å²) in [6, 6.07) is 9.69. The minimum atomic E-state index is -0.00991. The number of methoxy groups -OCH3 is 1. The fraction of sp³-hybridized carbons (Fsp3) is 0.444. The zero-order valence-corrected chi connectivity index (χ0v) is 13.2. The van der Waals surface area contributed by atoms with Gasteiger partial charge in [-0.15, -0.1) is 0 Å². The number of hydrogen-bond donors (Lipinski definition) is 0. The Hall–Kier alpha value is -2.30. The predicted molar refractivity (Wildman–Crippen MR) is 85.3 cm³/mol. The normalized spacial score (nSPS) is 23.1. The number of rotatable bonds is 3. The molecule has 23 heavy (non-hydrogen) atoms. The lowest BCUT2D eigenvalue weighted by Crippen LogP contribution is -2.36. The van der Waals surface area contributed by atoms with E-state index in [0.717, 1.165) is 24.9 Å². The molecule has 1 aromatic carbocycles. The molecular weight excluding hydrogens is 292 g/mol. The molecule has 0 bridgehead atoms. The molecule has 1 aromatic heterocycles. The van der Waals surface area contributed by atoms with Gasteiger partial charge >= 0.3 is 0 Å². The Balaban J connectivity index is 1.59. The van der Waals surface area contributed by atoms with Gasteiger partial charge in [0.1, 0.15) is 5.75 Å². The average Bonchev–Trinajstić information content (AvgIpc) is 3.30. The molecule has 2 aliphatic rings. The molecule has 2 atom stereocenters. The van der Waals surface area contributed by atoms with Crippen LogP contribution in [0.1, 0.15) is 36.2 Å². The summed E-state index contributed by atoms with van der Waals surface area (Å²) in [7, 11) is 1.62. The van der Waals surface area contributed by atoms with Gasteiger partial charge in [0, 0.05) is 18.7 Å². The zero-order valence-electron chi connectivity index (χ0n) is 13.2. The molecule has 1 saturated carbocycles. The molecule has 2 aromatic rings. The van der Waals surface area contributed by atoms with Crippen molar-refractivity contribution in [1.82, 2.24) is 10.1 Å². The summed E-state index contributed by atoms with van der Waals surface area (Å²) in [6.45, 7) is 0.838. The molecule has 2 heterocycles. The topological polar surface area (TPSA) is 55.6 Å². The first-order valence-corrected chi connectivity index (χ1v) is 8.19. The molecule has 0 spiro atoms. The smallest absolute Gasteiger partial charge is 0.276 e. The number of benzene rings is 1. The highest BCUT2D eigenvalue weighted by Gasteiger charge is 2.40. The van der Waals surface area contributed by atoms with Gasteiger partial charge in [-0.25, -0.2) is 0 Å². The number of nitrogens with zero attached hydrogens (tertiary/aromatic N) is 2. The van der Waals surface area contributed by atoms with Crippen molar-refractivity contribution in [3.8, 4) is 17.1 Å². The number of likely N-dealkylation sites (tertiary alicyclic amines) is 1. The summed E-state index contributed by atoms with van der Waals surface area (Å²) in [6.07, 6.45) is 4.71. The van der Waals surface area contributed by atoms with Gasteiger partial charge in [-0.2, -0.15) is 0 Å². The first kappa shape index (κ1) is 14.3. The summed E-state index contributed by atoms with van der Waals surface area (Å²) in [5.41, 5.74) is 1.19.